The molecule has 1 aliphatic heterocycles. The molecule has 5 nitrogen and oxygen atoms in total. The molecule has 0 unspecified atom stereocenters. The predicted octanol–water partition coefficient (Wildman–Crippen LogP) is 1.52. The molecule has 0 spiro atoms. The lowest BCUT2D eigenvalue weighted by Gasteiger charge is -2.34. The Labute approximate surface area is 138 Å². The molecule has 23 heavy (non-hydrogen) atoms. The number of benzene rings is 1. The van der Waals surface area contributed by atoms with Gasteiger partial charge in [-0.05, 0) is 44.3 Å². The molecule has 0 bridgehead atoms. The van der Waals surface area contributed by atoms with E-state index in [9.17, 15) is 4.79 Å². The maximum Gasteiger partial charge on any atom is 0.252 e. The van der Waals surface area contributed by atoms with Crippen LogP contribution in [0.2, 0.25) is 0 Å². The first-order valence-corrected chi connectivity index (χ1v) is 8.43. The number of carbonyl (C=O) groups is 1. The Bertz CT molecular complexity index is 459. The zero-order chi connectivity index (χ0) is 16.4. The Balaban J connectivity index is 1.55. The van der Waals surface area contributed by atoms with Crippen LogP contribution in [0.25, 0.3) is 0 Å². The Hall–Kier alpha value is -1.43. The van der Waals surface area contributed by atoms with Gasteiger partial charge in [0.2, 0.25) is 0 Å². The van der Waals surface area contributed by atoms with Gasteiger partial charge in [-0.3, -0.25) is 4.79 Å². The summed E-state index contributed by atoms with van der Waals surface area (Å²) >= 11 is 0. The smallest absolute Gasteiger partial charge is 0.252 e. The summed E-state index contributed by atoms with van der Waals surface area (Å²) in [6, 6.07) is 10.3. The maximum absolute atomic E-state index is 12.3. The number of ether oxygens (including phenoxy) is 2. The number of methoxy groups -OCH3 is 1. The third-order valence-electron chi connectivity index (χ3n) is 4.34. The maximum atomic E-state index is 12.3. The molecule has 5 heteroatoms. The van der Waals surface area contributed by atoms with E-state index in [0.29, 0.717) is 19.8 Å². The van der Waals surface area contributed by atoms with E-state index >= 15 is 0 Å². The van der Waals surface area contributed by atoms with Crippen LogP contribution < -0.4 is 10.6 Å². The summed E-state index contributed by atoms with van der Waals surface area (Å²) in [6.07, 6.45) is 3.19. The van der Waals surface area contributed by atoms with E-state index in [1.165, 1.54) is 5.56 Å². The van der Waals surface area contributed by atoms with Crippen molar-refractivity contribution >= 4 is 5.91 Å². The van der Waals surface area contributed by atoms with Crippen LogP contribution in [0.5, 0.6) is 0 Å². The quantitative estimate of drug-likeness (QED) is 0.677. The molecule has 2 N–H and O–H groups in total. The lowest BCUT2D eigenvalue weighted by atomic mass is 9.91. The van der Waals surface area contributed by atoms with Crippen LogP contribution in [0.4, 0.5) is 0 Å². The van der Waals surface area contributed by atoms with E-state index in [-0.39, 0.29) is 5.91 Å². The second-order valence-electron chi connectivity index (χ2n) is 5.91. The Morgan fingerprint density at radius 3 is 2.65 bits per heavy atom. The average Bonchev–Trinajstić information content (AvgIpc) is 2.62. The molecule has 0 aromatic heterocycles. The Kier molecular flexibility index (Phi) is 7.52. The van der Waals surface area contributed by atoms with E-state index in [1.54, 1.807) is 7.11 Å². The average molecular weight is 320 g/mol. The van der Waals surface area contributed by atoms with E-state index in [0.717, 1.165) is 38.8 Å². The molecule has 2 rings (SSSR count). The predicted molar refractivity (Wildman–Crippen MR) is 90.4 cm³/mol. The number of rotatable bonds is 9. The molecular weight excluding hydrogens is 292 g/mol. The molecule has 1 amide bonds. The Morgan fingerprint density at radius 2 is 1.96 bits per heavy atom. The first-order chi connectivity index (χ1) is 11.3. The molecule has 1 fully saturated rings. The van der Waals surface area contributed by atoms with Gasteiger partial charge in [-0.2, -0.15) is 0 Å². The van der Waals surface area contributed by atoms with E-state index < -0.39 is 5.60 Å². The zero-order valence-corrected chi connectivity index (χ0v) is 14.0. The van der Waals surface area contributed by atoms with Crippen molar-refractivity contribution in [1.29, 1.82) is 0 Å². The van der Waals surface area contributed by atoms with Gasteiger partial charge in [0.05, 0.1) is 6.61 Å². The van der Waals surface area contributed by atoms with Crippen LogP contribution in [0.15, 0.2) is 30.3 Å². The molecule has 128 valence electrons. The fourth-order valence-corrected chi connectivity index (χ4v) is 2.83. The van der Waals surface area contributed by atoms with Gasteiger partial charge >= 0.3 is 0 Å². The van der Waals surface area contributed by atoms with Gasteiger partial charge in [0.15, 0.2) is 0 Å². The fraction of sp³-hybridized carbons (Fsp3) is 0.611. The summed E-state index contributed by atoms with van der Waals surface area (Å²) < 4.78 is 11.1. The van der Waals surface area contributed by atoms with Crippen molar-refractivity contribution in [2.24, 2.45) is 0 Å². The summed E-state index contributed by atoms with van der Waals surface area (Å²) in [4.78, 5) is 12.3. The summed E-state index contributed by atoms with van der Waals surface area (Å²) in [5, 5.41) is 6.23. The van der Waals surface area contributed by atoms with Crippen LogP contribution in [-0.2, 0) is 20.7 Å². The normalized spacial score (nSPS) is 16.9. The number of amides is 1. The molecule has 1 aliphatic rings. The standard InChI is InChI=1S/C18H28N2O3/c1-22-18(9-12-19-13-10-18)17(21)20-11-5-14-23-15-8-16-6-3-2-4-7-16/h2-4,6-7,19H,5,8-15H2,1H3,(H,20,21). The first kappa shape index (κ1) is 17.9. The number of carbonyl (C=O) groups excluding carboxylic acids is 1. The molecule has 1 heterocycles. The SMILES string of the molecule is COC1(C(=O)NCCCOCCc2ccccc2)CCNCC1. The summed E-state index contributed by atoms with van der Waals surface area (Å²) in [5.74, 6) is 0.00536. The summed E-state index contributed by atoms with van der Waals surface area (Å²) in [6.45, 7) is 3.65. The van der Waals surface area contributed by atoms with Crippen LogP contribution in [0.1, 0.15) is 24.8 Å². The summed E-state index contributed by atoms with van der Waals surface area (Å²) in [7, 11) is 1.62. The van der Waals surface area contributed by atoms with Gasteiger partial charge < -0.3 is 20.1 Å². The summed E-state index contributed by atoms with van der Waals surface area (Å²) in [5.41, 5.74) is 0.633. The van der Waals surface area contributed by atoms with Gasteiger partial charge in [0.1, 0.15) is 5.60 Å². The minimum atomic E-state index is -0.653. The number of hydrogen-bond acceptors (Lipinski definition) is 4. The largest absolute Gasteiger partial charge is 0.381 e. The van der Waals surface area contributed by atoms with Crippen molar-refractivity contribution in [3.63, 3.8) is 0 Å². The van der Waals surface area contributed by atoms with Crippen LogP contribution in [0, 0.1) is 0 Å². The Morgan fingerprint density at radius 1 is 1.22 bits per heavy atom. The second kappa shape index (κ2) is 9.65. The molecular formula is C18H28N2O3. The third-order valence-corrected chi connectivity index (χ3v) is 4.34. The fourth-order valence-electron chi connectivity index (χ4n) is 2.83. The first-order valence-electron chi connectivity index (χ1n) is 8.43. The van der Waals surface area contributed by atoms with Crippen molar-refractivity contribution in [3.8, 4) is 0 Å². The topological polar surface area (TPSA) is 59.6 Å². The van der Waals surface area contributed by atoms with E-state index in [1.807, 2.05) is 18.2 Å². The molecule has 1 aromatic rings. The number of hydrogen-bond donors (Lipinski definition) is 2. The third kappa shape index (κ3) is 5.61. The highest BCUT2D eigenvalue weighted by Gasteiger charge is 2.39. The highest BCUT2D eigenvalue weighted by molar-refractivity contribution is 5.85. The molecule has 1 saturated heterocycles. The highest BCUT2D eigenvalue weighted by atomic mass is 16.5. The van der Waals surface area contributed by atoms with Crippen molar-refractivity contribution < 1.29 is 14.3 Å². The van der Waals surface area contributed by atoms with Crippen LogP contribution >= 0.6 is 0 Å². The minimum absolute atomic E-state index is 0.00536. The molecule has 0 radical (unpaired) electrons. The van der Waals surface area contributed by atoms with Gasteiger partial charge in [0.25, 0.3) is 5.91 Å². The number of piperidine rings is 1. The van der Waals surface area contributed by atoms with Crippen LogP contribution in [0.3, 0.4) is 0 Å². The second-order valence-corrected chi connectivity index (χ2v) is 5.91. The zero-order valence-electron chi connectivity index (χ0n) is 14.0. The lowest BCUT2D eigenvalue weighted by molar-refractivity contribution is -0.146. The molecule has 0 atom stereocenters. The van der Waals surface area contributed by atoms with Crippen LogP contribution in [-0.4, -0.2) is 51.5 Å². The lowest BCUT2D eigenvalue weighted by Crippen LogP contribution is -2.54. The van der Waals surface area contributed by atoms with Crippen molar-refractivity contribution in [3.05, 3.63) is 35.9 Å². The van der Waals surface area contributed by atoms with E-state index in [4.69, 9.17) is 9.47 Å². The van der Waals surface area contributed by atoms with E-state index in [2.05, 4.69) is 22.8 Å². The molecule has 0 aliphatic carbocycles. The van der Waals surface area contributed by atoms with Gasteiger partial charge in [-0.1, -0.05) is 30.3 Å². The van der Waals surface area contributed by atoms with Gasteiger partial charge in [-0.25, -0.2) is 0 Å². The van der Waals surface area contributed by atoms with Crippen molar-refractivity contribution in [1.82, 2.24) is 10.6 Å². The molecule has 1 aromatic carbocycles. The monoisotopic (exact) mass is 320 g/mol. The van der Waals surface area contributed by atoms with Gasteiger partial charge in [-0.15, -0.1) is 0 Å². The van der Waals surface area contributed by atoms with Crippen molar-refractivity contribution in [2.75, 3.05) is 40.0 Å². The van der Waals surface area contributed by atoms with Crippen molar-refractivity contribution in [2.45, 2.75) is 31.3 Å². The van der Waals surface area contributed by atoms with Gasteiger partial charge in [0, 0.05) is 20.3 Å². The number of nitrogens with one attached hydrogen (secondary N) is 2. The highest BCUT2D eigenvalue weighted by Crippen LogP contribution is 2.22. The minimum Gasteiger partial charge on any atom is -0.381 e. The molecule has 0 saturated carbocycles.